The standard InChI is InChI=1S/C30H30N4O5S/c1-34(24-17-19-25(39-2)20-18-24)29(35)28(21-22-11-5-3-6-12-22)31-30(36)33-40(37,38)32-27-16-10-9-15-26(27)23-13-7-4-8-14-23/h3-20,28,32H,21H2,1-2H3,(H2,31,33,36). The smallest absolute Gasteiger partial charge is 0.330 e. The lowest BCUT2D eigenvalue weighted by molar-refractivity contribution is -0.120. The molecule has 0 aliphatic carbocycles. The summed E-state index contributed by atoms with van der Waals surface area (Å²) < 4.78 is 35.4. The number of methoxy groups -OCH3 is 1. The van der Waals surface area contributed by atoms with E-state index in [1.165, 1.54) is 4.90 Å². The van der Waals surface area contributed by atoms with Crippen LogP contribution in [0.5, 0.6) is 5.75 Å². The summed E-state index contributed by atoms with van der Waals surface area (Å²) in [7, 11) is -1.21. The summed E-state index contributed by atoms with van der Waals surface area (Å²) in [4.78, 5) is 27.8. The second-order valence-corrected chi connectivity index (χ2v) is 10.3. The van der Waals surface area contributed by atoms with E-state index in [-0.39, 0.29) is 6.42 Å². The van der Waals surface area contributed by atoms with Crippen LogP contribution in [0.15, 0.2) is 109 Å². The van der Waals surface area contributed by atoms with Gasteiger partial charge in [-0.1, -0.05) is 78.9 Å². The van der Waals surface area contributed by atoms with Gasteiger partial charge in [0.1, 0.15) is 11.8 Å². The number of amides is 3. The van der Waals surface area contributed by atoms with Crippen LogP contribution in [0.4, 0.5) is 16.2 Å². The van der Waals surface area contributed by atoms with Crippen molar-refractivity contribution < 1.29 is 22.7 Å². The fourth-order valence-corrected chi connectivity index (χ4v) is 4.96. The molecule has 3 N–H and O–H groups in total. The highest BCUT2D eigenvalue weighted by molar-refractivity contribution is 7.91. The maximum absolute atomic E-state index is 13.5. The molecule has 0 aromatic heterocycles. The van der Waals surface area contributed by atoms with Crippen molar-refractivity contribution in [1.82, 2.24) is 10.0 Å². The van der Waals surface area contributed by atoms with Gasteiger partial charge in [-0.05, 0) is 41.5 Å². The highest BCUT2D eigenvalue weighted by Crippen LogP contribution is 2.28. The molecule has 1 atom stereocenters. The van der Waals surface area contributed by atoms with Crippen LogP contribution in [0.3, 0.4) is 0 Å². The van der Waals surface area contributed by atoms with Crippen LogP contribution in [-0.2, 0) is 21.4 Å². The van der Waals surface area contributed by atoms with Crippen molar-refractivity contribution in [2.45, 2.75) is 12.5 Å². The number of carbonyl (C=O) groups excluding carboxylic acids is 2. The number of hydrogen-bond acceptors (Lipinski definition) is 5. The van der Waals surface area contributed by atoms with Crippen LogP contribution in [0, 0.1) is 0 Å². The third kappa shape index (κ3) is 7.39. The number of nitrogens with one attached hydrogen (secondary N) is 3. The van der Waals surface area contributed by atoms with Gasteiger partial charge >= 0.3 is 16.2 Å². The number of rotatable bonds is 10. The second kappa shape index (κ2) is 12.8. The second-order valence-electron chi connectivity index (χ2n) is 8.93. The zero-order chi connectivity index (χ0) is 28.5. The summed E-state index contributed by atoms with van der Waals surface area (Å²) in [5, 5.41) is 2.54. The number of para-hydroxylation sites is 1. The van der Waals surface area contributed by atoms with E-state index in [1.807, 2.05) is 65.4 Å². The van der Waals surface area contributed by atoms with Crippen molar-refractivity contribution in [2.75, 3.05) is 23.8 Å². The van der Waals surface area contributed by atoms with Crippen molar-refractivity contribution in [2.24, 2.45) is 0 Å². The highest BCUT2D eigenvalue weighted by atomic mass is 32.2. The monoisotopic (exact) mass is 558 g/mol. The minimum atomic E-state index is -4.34. The van der Waals surface area contributed by atoms with Crippen molar-refractivity contribution in [3.8, 4) is 16.9 Å². The molecular formula is C30H30N4O5S. The van der Waals surface area contributed by atoms with Crippen LogP contribution in [-0.4, -0.2) is 40.6 Å². The lowest BCUT2D eigenvalue weighted by Gasteiger charge is -2.25. The number of carbonyl (C=O) groups is 2. The summed E-state index contributed by atoms with van der Waals surface area (Å²) in [5.41, 5.74) is 3.12. The summed E-state index contributed by atoms with van der Waals surface area (Å²) in [6.07, 6.45) is 0.151. The van der Waals surface area contributed by atoms with Crippen molar-refractivity contribution in [3.63, 3.8) is 0 Å². The summed E-state index contributed by atoms with van der Waals surface area (Å²) >= 11 is 0. The normalized spacial score (nSPS) is 11.7. The number of likely N-dealkylation sites (N-methyl/N-ethyl adjacent to an activating group) is 1. The number of urea groups is 1. The lowest BCUT2D eigenvalue weighted by Crippen LogP contribution is -2.53. The fourth-order valence-electron chi connectivity index (χ4n) is 4.14. The molecule has 4 rings (SSSR count). The van der Waals surface area contributed by atoms with Gasteiger partial charge < -0.3 is 15.0 Å². The topological polar surface area (TPSA) is 117 Å². The molecule has 4 aromatic rings. The van der Waals surface area contributed by atoms with Crippen LogP contribution < -0.4 is 24.4 Å². The Morgan fingerprint density at radius 1 is 0.825 bits per heavy atom. The Morgan fingerprint density at radius 2 is 1.43 bits per heavy atom. The van der Waals surface area contributed by atoms with Gasteiger partial charge in [-0.15, -0.1) is 0 Å². The predicted octanol–water partition coefficient (Wildman–Crippen LogP) is 4.59. The number of hydrogen-bond donors (Lipinski definition) is 3. The molecule has 0 fully saturated rings. The van der Waals surface area contributed by atoms with Gasteiger partial charge in [-0.2, -0.15) is 8.42 Å². The largest absolute Gasteiger partial charge is 0.497 e. The van der Waals surface area contributed by atoms with Crippen molar-refractivity contribution >= 4 is 33.5 Å². The molecule has 0 aliphatic heterocycles. The molecule has 0 aliphatic rings. The van der Waals surface area contributed by atoms with Crippen LogP contribution >= 0.6 is 0 Å². The summed E-state index contributed by atoms with van der Waals surface area (Å²) in [5.74, 6) is 0.207. The van der Waals surface area contributed by atoms with Gasteiger partial charge in [0.15, 0.2) is 0 Å². The Bertz CT molecular complexity index is 1550. The van der Waals surface area contributed by atoms with E-state index in [0.717, 1.165) is 11.1 Å². The van der Waals surface area contributed by atoms with Gasteiger partial charge in [-0.25, -0.2) is 9.52 Å². The fraction of sp³-hybridized carbons (Fsp3) is 0.133. The summed E-state index contributed by atoms with van der Waals surface area (Å²) in [6.45, 7) is 0. The van der Waals surface area contributed by atoms with E-state index in [4.69, 9.17) is 4.74 Å². The Kier molecular flexibility index (Phi) is 9.03. The minimum Gasteiger partial charge on any atom is -0.497 e. The van der Waals surface area contributed by atoms with E-state index >= 15 is 0 Å². The third-order valence-electron chi connectivity index (χ3n) is 6.16. The Hall–Kier alpha value is -4.83. The Labute approximate surface area is 234 Å². The lowest BCUT2D eigenvalue weighted by atomic mass is 10.0. The van der Waals surface area contributed by atoms with Crippen molar-refractivity contribution in [1.29, 1.82) is 0 Å². The molecule has 0 radical (unpaired) electrons. The molecule has 3 amide bonds. The first-order valence-corrected chi connectivity index (χ1v) is 13.9. The number of ether oxygens (including phenoxy) is 1. The van der Waals surface area contributed by atoms with Gasteiger partial charge in [-0.3, -0.25) is 9.52 Å². The Balaban J connectivity index is 1.50. The van der Waals surface area contributed by atoms with Crippen LogP contribution in [0.25, 0.3) is 11.1 Å². The maximum atomic E-state index is 13.5. The predicted molar refractivity (Wildman–Crippen MR) is 156 cm³/mol. The van der Waals surface area contributed by atoms with E-state index in [9.17, 15) is 18.0 Å². The molecular weight excluding hydrogens is 528 g/mol. The molecule has 0 saturated carbocycles. The van der Waals surface area contributed by atoms with Gasteiger partial charge in [0.2, 0.25) is 5.91 Å². The number of anilines is 2. The first-order chi connectivity index (χ1) is 19.3. The molecule has 0 heterocycles. The molecule has 1 unspecified atom stereocenters. The van der Waals surface area contributed by atoms with Crippen LogP contribution in [0.2, 0.25) is 0 Å². The third-order valence-corrected chi connectivity index (χ3v) is 7.10. The molecule has 4 aromatic carbocycles. The first kappa shape index (κ1) is 28.2. The molecule has 0 spiro atoms. The molecule has 206 valence electrons. The molecule has 0 saturated heterocycles. The zero-order valence-electron chi connectivity index (χ0n) is 22.1. The summed E-state index contributed by atoms with van der Waals surface area (Å²) in [6, 6.07) is 30.0. The first-order valence-electron chi connectivity index (χ1n) is 12.5. The quantitative estimate of drug-likeness (QED) is 0.263. The maximum Gasteiger partial charge on any atom is 0.330 e. The number of benzene rings is 4. The van der Waals surface area contributed by atoms with E-state index in [0.29, 0.717) is 22.7 Å². The highest BCUT2D eigenvalue weighted by Gasteiger charge is 2.27. The van der Waals surface area contributed by atoms with Gasteiger partial charge in [0.25, 0.3) is 0 Å². The molecule has 40 heavy (non-hydrogen) atoms. The van der Waals surface area contributed by atoms with Gasteiger partial charge in [0, 0.05) is 24.7 Å². The van der Waals surface area contributed by atoms with E-state index in [2.05, 4.69) is 10.0 Å². The molecule has 10 heteroatoms. The van der Waals surface area contributed by atoms with Crippen molar-refractivity contribution in [3.05, 3.63) is 115 Å². The SMILES string of the molecule is COc1ccc(N(C)C(=O)C(Cc2ccccc2)NC(=O)NS(=O)(=O)Nc2ccccc2-c2ccccc2)cc1. The van der Waals surface area contributed by atoms with E-state index < -0.39 is 28.2 Å². The molecule has 0 bridgehead atoms. The average Bonchev–Trinajstić information content (AvgIpc) is 2.97. The minimum absolute atomic E-state index is 0.151. The van der Waals surface area contributed by atoms with Crippen LogP contribution in [0.1, 0.15) is 5.56 Å². The zero-order valence-corrected chi connectivity index (χ0v) is 22.9. The average molecular weight is 559 g/mol. The number of nitrogens with zero attached hydrogens (tertiary/aromatic N) is 1. The van der Waals surface area contributed by atoms with Gasteiger partial charge in [0.05, 0.1) is 12.8 Å². The van der Waals surface area contributed by atoms with E-state index in [1.54, 1.807) is 62.7 Å². The Morgan fingerprint density at radius 3 is 2.08 bits per heavy atom. The molecule has 9 nitrogen and oxygen atoms in total.